The maximum atomic E-state index is 13.5. The topological polar surface area (TPSA) is 113 Å². The number of carbonyl (C=O) groups excluding carboxylic acids is 2. The van der Waals surface area contributed by atoms with Crippen LogP contribution in [-0.2, 0) is 36.3 Å². The third kappa shape index (κ3) is 4.97. The van der Waals surface area contributed by atoms with Gasteiger partial charge in [0.05, 0.1) is 4.90 Å². The van der Waals surface area contributed by atoms with E-state index in [1.54, 1.807) is 6.92 Å². The van der Waals surface area contributed by atoms with Crippen molar-refractivity contribution in [3.8, 4) is 0 Å². The van der Waals surface area contributed by atoms with E-state index >= 15 is 0 Å². The van der Waals surface area contributed by atoms with E-state index in [9.17, 15) is 36.3 Å². The van der Waals surface area contributed by atoms with Crippen LogP contribution in [0.3, 0.4) is 0 Å². The van der Waals surface area contributed by atoms with Crippen LogP contribution in [0.5, 0.6) is 0 Å². The molecule has 2 aromatic carbocycles. The zero-order valence-corrected chi connectivity index (χ0v) is 21.2. The number of ether oxygens (including phenoxy) is 1. The van der Waals surface area contributed by atoms with Crippen molar-refractivity contribution in [2.75, 3.05) is 18.2 Å². The second-order valence-electron chi connectivity index (χ2n) is 9.53. The minimum absolute atomic E-state index is 0.00216. The van der Waals surface area contributed by atoms with Crippen molar-refractivity contribution in [3.05, 3.63) is 59.2 Å². The summed E-state index contributed by atoms with van der Waals surface area (Å²) in [4.78, 5) is 28.3. The van der Waals surface area contributed by atoms with Crippen LogP contribution >= 0.6 is 0 Å². The summed E-state index contributed by atoms with van der Waals surface area (Å²) in [6, 6.07) is 7.76. The second-order valence-corrected chi connectivity index (χ2v) is 11.5. The molecule has 2 atom stereocenters. The standard InChI is InChI=1S/C25H27F3N2O6S/c1-4-36-24(11-12-24)22(32)30-14-15-13-18(37(3,34)35)9-10-19(15)20(30)21(31)29-17-7-5-16(6-8-17)23(2,33)25(26,27)28/h5-10,13,20,33H,4,11-12,14H2,1-3H3,(H,29,31). The minimum atomic E-state index is -4.89. The molecule has 2 unspecified atom stereocenters. The van der Waals surface area contributed by atoms with Crippen molar-refractivity contribution in [3.63, 3.8) is 0 Å². The Labute approximate surface area is 212 Å². The number of rotatable bonds is 7. The van der Waals surface area contributed by atoms with Gasteiger partial charge in [-0.3, -0.25) is 9.59 Å². The lowest BCUT2D eigenvalue weighted by Gasteiger charge is -2.29. The smallest absolute Gasteiger partial charge is 0.376 e. The van der Waals surface area contributed by atoms with Gasteiger partial charge in [0.25, 0.3) is 11.8 Å². The van der Waals surface area contributed by atoms with Crippen molar-refractivity contribution >= 4 is 27.3 Å². The Kier molecular flexibility index (Phi) is 6.66. The summed E-state index contributed by atoms with van der Waals surface area (Å²) in [6.45, 7) is 2.69. The molecule has 37 heavy (non-hydrogen) atoms. The Morgan fingerprint density at radius 3 is 2.30 bits per heavy atom. The first-order valence-corrected chi connectivity index (χ1v) is 13.5. The highest BCUT2D eigenvalue weighted by Gasteiger charge is 2.56. The highest BCUT2D eigenvalue weighted by molar-refractivity contribution is 7.90. The van der Waals surface area contributed by atoms with Gasteiger partial charge in [-0.1, -0.05) is 18.2 Å². The van der Waals surface area contributed by atoms with Crippen LogP contribution in [0.25, 0.3) is 0 Å². The third-order valence-corrected chi connectivity index (χ3v) is 7.89. The van der Waals surface area contributed by atoms with Gasteiger partial charge in [0.2, 0.25) is 0 Å². The molecule has 12 heteroatoms. The predicted molar refractivity (Wildman–Crippen MR) is 127 cm³/mol. The molecule has 0 radical (unpaired) electrons. The number of nitrogens with zero attached hydrogens (tertiary/aromatic N) is 1. The molecule has 4 rings (SSSR count). The van der Waals surface area contributed by atoms with E-state index in [0.29, 0.717) is 37.5 Å². The van der Waals surface area contributed by atoms with Crippen LogP contribution in [0.15, 0.2) is 47.4 Å². The van der Waals surface area contributed by atoms with Crippen molar-refractivity contribution < 1.29 is 41.0 Å². The molecule has 1 aliphatic heterocycles. The Balaban J connectivity index is 1.65. The number of halogens is 3. The summed E-state index contributed by atoms with van der Waals surface area (Å²) in [5.41, 5.74) is -3.39. The quantitative estimate of drug-likeness (QED) is 0.556. The molecule has 2 aliphatic rings. The van der Waals surface area contributed by atoms with Gasteiger partial charge in [-0.05, 0) is 67.6 Å². The van der Waals surface area contributed by atoms with Gasteiger partial charge in [-0.25, -0.2) is 8.42 Å². The van der Waals surface area contributed by atoms with Gasteiger partial charge in [-0.2, -0.15) is 13.2 Å². The molecule has 2 amide bonds. The number of sulfone groups is 1. The summed E-state index contributed by atoms with van der Waals surface area (Å²) in [5.74, 6) is -1.01. The normalized spacial score (nSPS) is 20.2. The number of fused-ring (bicyclic) bond motifs is 1. The maximum Gasteiger partial charge on any atom is 0.421 e. The first kappa shape index (κ1) is 27.1. The van der Waals surface area contributed by atoms with Gasteiger partial charge in [0.15, 0.2) is 15.4 Å². The summed E-state index contributed by atoms with van der Waals surface area (Å²) in [5, 5.41) is 12.5. The lowest BCUT2D eigenvalue weighted by Crippen LogP contribution is -2.44. The molecule has 2 aromatic rings. The van der Waals surface area contributed by atoms with Gasteiger partial charge in [-0.15, -0.1) is 0 Å². The number of amides is 2. The molecule has 0 saturated heterocycles. The predicted octanol–water partition coefficient (Wildman–Crippen LogP) is 3.45. The lowest BCUT2D eigenvalue weighted by molar-refractivity contribution is -0.258. The number of anilines is 1. The average Bonchev–Trinajstić information content (AvgIpc) is 3.48. The minimum Gasteiger partial charge on any atom is -0.376 e. The third-order valence-electron chi connectivity index (χ3n) is 6.78. The fourth-order valence-electron chi connectivity index (χ4n) is 4.45. The molecule has 1 saturated carbocycles. The van der Waals surface area contributed by atoms with Gasteiger partial charge in [0.1, 0.15) is 11.6 Å². The number of hydrogen-bond acceptors (Lipinski definition) is 6. The number of aliphatic hydroxyl groups is 1. The monoisotopic (exact) mass is 540 g/mol. The Bertz CT molecular complexity index is 1340. The lowest BCUT2D eigenvalue weighted by atomic mass is 9.95. The van der Waals surface area contributed by atoms with E-state index in [-0.39, 0.29) is 23.0 Å². The number of carbonyl (C=O) groups is 2. The van der Waals surface area contributed by atoms with E-state index in [1.165, 1.54) is 35.2 Å². The first-order chi connectivity index (χ1) is 17.1. The molecule has 1 heterocycles. The molecule has 0 bridgehead atoms. The first-order valence-electron chi connectivity index (χ1n) is 11.6. The zero-order valence-electron chi connectivity index (χ0n) is 20.4. The van der Waals surface area contributed by atoms with Crippen molar-refractivity contribution in [2.45, 2.75) is 61.5 Å². The molecule has 1 aliphatic carbocycles. The maximum absolute atomic E-state index is 13.5. The van der Waals surface area contributed by atoms with E-state index in [1.807, 2.05) is 0 Å². The molecular weight excluding hydrogens is 513 g/mol. The Morgan fingerprint density at radius 1 is 1.16 bits per heavy atom. The van der Waals surface area contributed by atoms with E-state index in [2.05, 4.69) is 5.32 Å². The van der Waals surface area contributed by atoms with Crippen molar-refractivity contribution in [1.29, 1.82) is 0 Å². The zero-order chi connectivity index (χ0) is 27.4. The highest BCUT2D eigenvalue weighted by atomic mass is 32.2. The van der Waals surface area contributed by atoms with Crippen LogP contribution in [0.2, 0.25) is 0 Å². The van der Waals surface area contributed by atoms with Crippen LogP contribution in [-0.4, -0.2) is 54.9 Å². The molecular formula is C25H27F3N2O6S. The number of hydrogen-bond donors (Lipinski definition) is 2. The number of nitrogens with one attached hydrogen (secondary N) is 1. The molecule has 8 nitrogen and oxygen atoms in total. The summed E-state index contributed by atoms with van der Waals surface area (Å²) < 4.78 is 69.2. The molecule has 2 N–H and O–H groups in total. The van der Waals surface area contributed by atoms with Crippen molar-refractivity contribution in [1.82, 2.24) is 4.90 Å². The average molecular weight is 541 g/mol. The van der Waals surface area contributed by atoms with Gasteiger partial charge < -0.3 is 20.1 Å². The van der Waals surface area contributed by atoms with Crippen LogP contribution in [0.4, 0.5) is 18.9 Å². The largest absolute Gasteiger partial charge is 0.421 e. The van der Waals surface area contributed by atoms with Crippen LogP contribution in [0, 0.1) is 0 Å². The molecule has 0 spiro atoms. The Morgan fingerprint density at radius 2 is 1.78 bits per heavy atom. The van der Waals surface area contributed by atoms with Crippen LogP contribution < -0.4 is 5.32 Å². The Hall–Kier alpha value is -2.96. The van der Waals surface area contributed by atoms with E-state index in [4.69, 9.17) is 4.74 Å². The fraction of sp³-hybridized carbons (Fsp3) is 0.440. The molecule has 0 aromatic heterocycles. The van der Waals surface area contributed by atoms with Gasteiger partial charge in [0, 0.05) is 25.1 Å². The second kappa shape index (κ2) is 9.10. The molecule has 1 fully saturated rings. The number of benzene rings is 2. The highest BCUT2D eigenvalue weighted by Crippen LogP contribution is 2.46. The van der Waals surface area contributed by atoms with E-state index < -0.39 is 44.7 Å². The summed E-state index contributed by atoms with van der Waals surface area (Å²) >= 11 is 0. The fourth-order valence-corrected chi connectivity index (χ4v) is 5.13. The number of alkyl halides is 3. The van der Waals surface area contributed by atoms with Crippen LogP contribution in [0.1, 0.15) is 49.4 Å². The SMILES string of the molecule is CCOC1(C(=O)N2Cc3cc(S(C)(=O)=O)ccc3C2C(=O)Nc2ccc(C(C)(O)C(F)(F)F)cc2)CC1. The summed E-state index contributed by atoms with van der Waals surface area (Å²) in [6.07, 6.45) is -2.84. The van der Waals surface area contributed by atoms with Gasteiger partial charge >= 0.3 is 6.18 Å². The van der Waals surface area contributed by atoms with Crippen molar-refractivity contribution in [2.24, 2.45) is 0 Å². The summed E-state index contributed by atoms with van der Waals surface area (Å²) in [7, 11) is -3.53. The molecule has 200 valence electrons. The van der Waals surface area contributed by atoms with E-state index in [0.717, 1.165) is 18.4 Å².